The van der Waals surface area contributed by atoms with Crippen LogP contribution in [0.15, 0.2) is 58.0 Å². The van der Waals surface area contributed by atoms with Gasteiger partial charge in [-0.15, -0.1) is 22.0 Å². The molecule has 0 bridgehead atoms. The van der Waals surface area contributed by atoms with Gasteiger partial charge in [-0.2, -0.15) is 9.61 Å². The molecule has 0 saturated heterocycles. The first-order valence-electron chi connectivity index (χ1n) is 6.99. The molecule has 0 radical (unpaired) electrons. The average Bonchev–Trinajstić information content (AvgIpc) is 3.29. The highest BCUT2D eigenvalue weighted by molar-refractivity contribution is 7.98. The van der Waals surface area contributed by atoms with Crippen LogP contribution in [0.2, 0.25) is 0 Å². The van der Waals surface area contributed by atoms with Crippen molar-refractivity contribution >= 4 is 40.2 Å². The number of benzene rings is 1. The smallest absolute Gasteiger partial charge is 0.234 e. The van der Waals surface area contributed by atoms with Gasteiger partial charge in [-0.1, -0.05) is 29.5 Å². The predicted molar refractivity (Wildman–Crippen MR) is 92.3 cm³/mol. The minimum absolute atomic E-state index is 0.732. The summed E-state index contributed by atoms with van der Waals surface area (Å²) in [7, 11) is 0. The highest BCUT2D eigenvalue weighted by Crippen LogP contribution is 2.23. The van der Waals surface area contributed by atoms with Crippen LogP contribution in [0, 0.1) is 0 Å². The van der Waals surface area contributed by atoms with Gasteiger partial charge in [-0.25, -0.2) is 0 Å². The number of hydrogen-bond donors (Lipinski definition) is 0. The van der Waals surface area contributed by atoms with Crippen LogP contribution in [0.1, 0.15) is 16.6 Å². The van der Waals surface area contributed by atoms with Crippen molar-refractivity contribution in [3.8, 4) is 0 Å². The highest BCUT2D eigenvalue weighted by atomic mass is 32.2. The molecule has 0 spiro atoms. The maximum atomic E-state index is 5.27. The van der Waals surface area contributed by atoms with Gasteiger partial charge in [0, 0.05) is 4.90 Å². The molecule has 114 valence electrons. The molecular weight excluding hydrogens is 328 g/mol. The number of nitrogens with zero attached hydrogens (tertiary/aromatic N) is 4. The van der Waals surface area contributed by atoms with Gasteiger partial charge in [0.15, 0.2) is 5.82 Å². The summed E-state index contributed by atoms with van der Waals surface area (Å²) < 4.78 is 7.08. The van der Waals surface area contributed by atoms with Gasteiger partial charge in [0.1, 0.15) is 10.8 Å². The van der Waals surface area contributed by atoms with E-state index in [0.29, 0.717) is 0 Å². The van der Waals surface area contributed by atoms with E-state index in [0.717, 1.165) is 27.3 Å². The van der Waals surface area contributed by atoms with Crippen molar-refractivity contribution < 1.29 is 4.42 Å². The fourth-order valence-corrected chi connectivity index (χ4v) is 3.62. The molecule has 23 heavy (non-hydrogen) atoms. The summed E-state index contributed by atoms with van der Waals surface area (Å²) in [6.45, 7) is 0. The van der Waals surface area contributed by atoms with Crippen LogP contribution in [0.5, 0.6) is 0 Å². The molecule has 7 heteroatoms. The molecule has 0 aliphatic heterocycles. The van der Waals surface area contributed by atoms with Crippen molar-refractivity contribution in [2.45, 2.75) is 10.6 Å². The first kappa shape index (κ1) is 14.2. The number of thioether (sulfide) groups is 1. The van der Waals surface area contributed by atoms with E-state index in [4.69, 9.17) is 4.42 Å². The highest BCUT2D eigenvalue weighted by Gasteiger charge is 2.10. The Labute approximate surface area is 140 Å². The van der Waals surface area contributed by atoms with E-state index in [1.54, 1.807) is 18.0 Å². The van der Waals surface area contributed by atoms with Crippen LogP contribution in [0.4, 0.5) is 0 Å². The van der Waals surface area contributed by atoms with E-state index >= 15 is 0 Å². The number of rotatable bonds is 5. The first-order valence-corrected chi connectivity index (χ1v) is 8.79. The Bertz CT molecular complexity index is 926. The molecule has 0 unspecified atom stereocenters. The van der Waals surface area contributed by atoms with Crippen LogP contribution in [-0.4, -0.2) is 19.8 Å². The third-order valence-electron chi connectivity index (χ3n) is 3.12. The third kappa shape index (κ3) is 3.20. The number of hydrogen-bond acceptors (Lipinski definition) is 6. The second kappa shape index (κ2) is 6.39. The van der Waals surface area contributed by atoms with Gasteiger partial charge in [-0.05, 0) is 36.4 Å². The quantitative estimate of drug-likeness (QED) is 0.509. The Morgan fingerprint density at radius 1 is 1.09 bits per heavy atom. The molecule has 0 fully saturated rings. The van der Waals surface area contributed by atoms with Gasteiger partial charge >= 0.3 is 0 Å². The van der Waals surface area contributed by atoms with Gasteiger partial charge in [0.05, 0.1) is 12.0 Å². The maximum Gasteiger partial charge on any atom is 0.234 e. The van der Waals surface area contributed by atoms with E-state index in [-0.39, 0.29) is 0 Å². The Balaban J connectivity index is 1.52. The lowest BCUT2D eigenvalue weighted by molar-refractivity contribution is 0.557. The third-order valence-corrected chi connectivity index (χ3v) is 4.99. The predicted octanol–water partition coefficient (Wildman–Crippen LogP) is 4.24. The topological polar surface area (TPSA) is 56.2 Å². The van der Waals surface area contributed by atoms with Gasteiger partial charge < -0.3 is 4.42 Å². The first-order chi connectivity index (χ1) is 11.4. The Hall–Kier alpha value is -2.38. The Morgan fingerprint density at radius 2 is 2.00 bits per heavy atom. The van der Waals surface area contributed by atoms with Crippen molar-refractivity contribution in [2.75, 3.05) is 0 Å². The zero-order valence-electron chi connectivity index (χ0n) is 12.0. The molecule has 4 rings (SSSR count). The molecule has 3 aromatic heterocycles. The fraction of sp³-hybridized carbons (Fsp3) is 0.0625. The zero-order valence-corrected chi connectivity index (χ0v) is 13.6. The summed E-state index contributed by atoms with van der Waals surface area (Å²) >= 11 is 3.22. The normalized spacial score (nSPS) is 11.7. The van der Waals surface area contributed by atoms with Crippen LogP contribution in [-0.2, 0) is 5.75 Å². The molecule has 0 amide bonds. The standard InChI is InChI=1S/C16H12N4OS2/c1-2-6-13(7-3-1)22-11-14-17-18-16-20(14)19-15(23-16)9-8-12-5-4-10-21-12/h1-10H,11H2/b9-8+. The SMILES string of the molecule is C(=C\c1nn2c(CSc3ccccc3)nnc2s1)/c1ccco1. The molecular formula is C16H12N4OS2. The maximum absolute atomic E-state index is 5.27. The Kier molecular flexibility index (Phi) is 3.95. The summed E-state index contributed by atoms with van der Waals surface area (Å²) in [6.07, 6.45) is 5.47. The molecule has 0 N–H and O–H groups in total. The zero-order chi connectivity index (χ0) is 15.5. The van der Waals surface area contributed by atoms with Crippen molar-refractivity contribution in [3.63, 3.8) is 0 Å². The lowest BCUT2D eigenvalue weighted by Gasteiger charge is -1.98. The molecule has 3 heterocycles. The monoisotopic (exact) mass is 340 g/mol. The largest absolute Gasteiger partial charge is 0.465 e. The van der Waals surface area contributed by atoms with Crippen LogP contribution >= 0.6 is 23.1 Å². The van der Waals surface area contributed by atoms with Gasteiger partial charge in [0.25, 0.3) is 0 Å². The van der Waals surface area contributed by atoms with Crippen LogP contribution < -0.4 is 0 Å². The summed E-state index contributed by atoms with van der Waals surface area (Å²) in [6, 6.07) is 14.0. The van der Waals surface area contributed by atoms with E-state index in [1.165, 1.54) is 16.2 Å². The summed E-state index contributed by atoms with van der Waals surface area (Å²) in [5.74, 6) is 2.38. The van der Waals surface area contributed by atoms with Crippen molar-refractivity contribution in [1.29, 1.82) is 0 Å². The van der Waals surface area contributed by atoms with E-state index < -0.39 is 0 Å². The summed E-state index contributed by atoms with van der Waals surface area (Å²) in [4.78, 5) is 2.00. The van der Waals surface area contributed by atoms with E-state index in [9.17, 15) is 0 Å². The lowest BCUT2D eigenvalue weighted by atomic mass is 10.4. The van der Waals surface area contributed by atoms with Crippen molar-refractivity contribution in [1.82, 2.24) is 19.8 Å². The molecule has 5 nitrogen and oxygen atoms in total. The number of fused-ring (bicyclic) bond motifs is 1. The molecule has 0 aliphatic carbocycles. The molecule has 4 aromatic rings. The second-order valence-corrected chi connectivity index (χ2v) is 6.74. The Morgan fingerprint density at radius 3 is 2.83 bits per heavy atom. The molecule has 0 atom stereocenters. The second-order valence-electron chi connectivity index (χ2n) is 4.70. The summed E-state index contributed by atoms with van der Waals surface area (Å²) in [5, 5.41) is 13.8. The number of furan rings is 1. The summed E-state index contributed by atoms with van der Waals surface area (Å²) in [5.41, 5.74) is 0. The molecule has 0 saturated carbocycles. The molecule has 1 aromatic carbocycles. The van der Waals surface area contributed by atoms with E-state index in [2.05, 4.69) is 27.4 Å². The van der Waals surface area contributed by atoms with Crippen LogP contribution in [0.25, 0.3) is 17.1 Å². The van der Waals surface area contributed by atoms with Crippen LogP contribution in [0.3, 0.4) is 0 Å². The minimum Gasteiger partial charge on any atom is -0.465 e. The number of aromatic nitrogens is 4. The van der Waals surface area contributed by atoms with Gasteiger partial charge in [0.2, 0.25) is 4.96 Å². The fourth-order valence-electron chi connectivity index (χ4n) is 2.03. The van der Waals surface area contributed by atoms with E-state index in [1.807, 2.05) is 47.0 Å². The van der Waals surface area contributed by atoms with Crippen molar-refractivity contribution in [3.05, 3.63) is 65.3 Å². The average molecular weight is 340 g/mol. The van der Waals surface area contributed by atoms with Gasteiger partial charge in [-0.3, -0.25) is 0 Å². The molecule has 0 aliphatic rings. The lowest BCUT2D eigenvalue weighted by Crippen LogP contribution is -1.93. The van der Waals surface area contributed by atoms with Crippen molar-refractivity contribution in [2.24, 2.45) is 0 Å². The minimum atomic E-state index is 0.732.